The summed E-state index contributed by atoms with van der Waals surface area (Å²) in [6.07, 6.45) is 6.38. The van der Waals surface area contributed by atoms with Gasteiger partial charge in [0, 0.05) is 69.7 Å². The molecular weight excluding hydrogens is 464 g/mol. The lowest BCUT2D eigenvalue weighted by Gasteiger charge is -2.34. The molecule has 0 aliphatic carbocycles. The second kappa shape index (κ2) is 11.7. The van der Waals surface area contributed by atoms with E-state index in [1.54, 1.807) is 24.5 Å². The Labute approximate surface area is 216 Å². The third-order valence-corrected chi connectivity index (χ3v) is 6.30. The Bertz CT molecular complexity index is 1320. The van der Waals surface area contributed by atoms with Crippen LogP contribution in [0.3, 0.4) is 0 Å². The molecule has 4 aromatic rings. The molecule has 1 aliphatic rings. The smallest absolute Gasteiger partial charge is 0.233 e. The molecule has 0 spiro atoms. The molecule has 1 N–H and O–H groups in total. The molecule has 9 heteroatoms. The van der Waals surface area contributed by atoms with Gasteiger partial charge in [0.15, 0.2) is 5.78 Å². The van der Waals surface area contributed by atoms with Crippen molar-refractivity contribution in [2.45, 2.75) is 26.3 Å². The lowest BCUT2D eigenvalue weighted by Crippen LogP contribution is -2.46. The number of piperazine rings is 1. The second-order valence-electron chi connectivity index (χ2n) is 8.99. The van der Waals surface area contributed by atoms with Crippen LogP contribution in [0.25, 0.3) is 0 Å². The Morgan fingerprint density at radius 1 is 0.919 bits per heavy atom. The molecule has 0 saturated carbocycles. The van der Waals surface area contributed by atoms with Gasteiger partial charge in [-0.1, -0.05) is 43.3 Å². The summed E-state index contributed by atoms with van der Waals surface area (Å²) in [6.45, 7) is 6.39. The minimum absolute atomic E-state index is 0.0337. The fourth-order valence-electron chi connectivity index (χ4n) is 4.29. The van der Waals surface area contributed by atoms with Gasteiger partial charge in [-0.2, -0.15) is 15.0 Å². The van der Waals surface area contributed by atoms with Crippen LogP contribution in [0.1, 0.15) is 34.2 Å². The zero-order chi connectivity index (χ0) is 25.5. The van der Waals surface area contributed by atoms with Gasteiger partial charge in [-0.05, 0) is 29.3 Å². The van der Waals surface area contributed by atoms with Gasteiger partial charge in [0.25, 0.3) is 0 Å². The van der Waals surface area contributed by atoms with Crippen molar-refractivity contribution in [3.63, 3.8) is 0 Å². The van der Waals surface area contributed by atoms with Gasteiger partial charge in [0.1, 0.15) is 11.6 Å². The van der Waals surface area contributed by atoms with E-state index in [9.17, 15) is 4.79 Å². The molecule has 0 amide bonds. The lowest BCUT2D eigenvalue weighted by molar-refractivity contribution is 0.0993. The topological polar surface area (TPSA) is 100 Å². The highest BCUT2D eigenvalue weighted by Gasteiger charge is 2.21. The van der Waals surface area contributed by atoms with E-state index < -0.39 is 0 Å². The summed E-state index contributed by atoms with van der Waals surface area (Å²) < 4.78 is 0. The molecular formula is C28H30N8O. The van der Waals surface area contributed by atoms with E-state index in [1.807, 2.05) is 49.5 Å². The number of pyridine rings is 2. The fraction of sp³-hybridized carbons (Fsp3) is 0.286. The number of hydrogen-bond donors (Lipinski definition) is 1. The molecule has 4 heterocycles. The number of nitrogens with zero attached hydrogens (tertiary/aromatic N) is 7. The predicted octanol–water partition coefficient (Wildman–Crippen LogP) is 3.72. The molecule has 0 atom stereocenters. The number of Topliss-reactive ketones (excluding diaryl/α,β-unsaturated/α-hetero) is 1. The Morgan fingerprint density at radius 2 is 1.73 bits per heavy atom. The third kappa shape index (κ3) is 6.50. The van der Waals surface area contributed by atoms with Crippen LogP contribution in [0.5, 0.6) is 0 Å². The van der Waals surface area contributed by atoms with Crippen molar-refractivity contribution in [1.29, 1.82) is 0 Å². The molecule has 1 aliphatic heterocycles. The Hall–Kier alpha value is -4.24. The van der Waals surface area contributed by atoms with Gasteiger partial charge in [0.2, 0.25) is 11.9 Å². The average molecular weight is 495 g/mol. The largest absolute Gasteiger partial charge is 0.338 e. The number of aryl methyl sites for hydroxylation is 1. The highest BCUT2D eigenvalue weighted by atomic mass is 16.1. The maximum Gasteiger partial charge on any atom is 0.233 e. The molecule has 9 nitrogen and oxygen atoms in total. The maximum absolute atomic E-state index is 12.8. The van der Waals surface area contributed by atoms with Crippen molar-refractivity contribution in [3.8, 4) is 0 Å². The summed E-state index contributed by atoms with van der Waals surface area (Å²) in [5, 5.41) is 3.19. The van der Waals surface area contributed by atoms with Crippen molar-refractivity contribution in [3.05, 3.63) is 95.7 Å². The van der Waals surface area contributed by atoms with Crippen molar-refractivity contribution >= 4 is 23.5 Å². The van der Waals surface area contributed by atoms with Crippen LogP contribution in [0.4, 0.5) is 17.7 Å². The number of hydrogen-bond acceptors (Lipinski definition) is 9. The highest BCUT2D eigenvalue weighted by Crippen LogP contribution is 2.19. The van der Waals surface area contributed by atoms with Crippen LogP contribution in [0.15, 0.2) is 73.2 Å². The van der Waals surface area contributed by atoms with Crippen LogP contribution < -0.4 is 10.2 Å². The van der Waals surface area contributed by atoms with Gasteiger partial charge >= 0.3 is 0 Å². The Morgan fingerprint density at radius 3 is 2.49 bits per heavy atom. The van der Waals surface area contributed by atoms with E-state index in [1.165, 1.54) is 5.56 Å². The molecule has 0 bridgehead atoms. The molecule has 1 fully saturated rings. The predicted molar refractivity (Wildman–Crippen MR) is 143 cm³/mol. The van der Waals surface area contributed by atoms with Crippen LogP contribution >= 0.6 is 0 Å². The van der Waals surface area contributed by atoms with Gasteiger partial charge in [-0.3, -0.25) is 14.7 Å². The van der Waals surface area contributed by atoms with Crippen molar-refractivity contribution in [2.75, 3.05) is 36.4 Å². The minimum atomic E-state index is 0.0337. The number of aromatic nitrogens is 5. The number of benzene rings is 1. The molecule has 5 rings (SSSR count). The summed E-state index contributed by atoms with van der Waals surface area (Å²) in [5.74, 6) is 2.36. The molecule has 188 valence electrons. The quantitative estimate of drug-likeness (QED) is 0.349. The summed E-state index contributed by atoms with van der Waals surface area (Å²) in [4.78, 5) is 39.9. The van der Waals surface area contributed by atoms with E-state index in [0.29, 0.717) is 41.9 Å². The molecule has 1 aromatic carbocycles. The minimum Gasteiger partial charge on any atom is -0.338 e. The standard InChI is InChI=1S/C28H30N8O/c1-2-25-31-27(32-26-18-23(10-12-30-26)24(37)17-21-7-4-3-5-8-21)34-28(33-25)36-15-13-35(14-16-36)20-22-9-6-11-29-19-22/h3-12,18-19H,2,13-17,20H2,1H3,(H,30,31,32,33,34). The number of ketones is 1. The number of carbonyl (C=O) groups excluding carboxylic acids is 1. The van der Waals surface area contributed by atoms with Crippen LogP contribution in [-0.4, -0.2) is 61.8 Å². The first kappa shape index (κ1) is 24.5. The fourth-order valence-corrected chi connectivity index (χ4v) is 4.29. The molecule has 1 saturated heterocycles. The van der Waals surface area contributed by atoms with Gasteiger partial charge in [-0.25, -0.2) is 4.98 Å². The van der Waals surface area contributed by atoms with Gasteiger partial charge in [-0.15, -0.1) is 0 Å². The molecule has 0 unspecified atom stereocenters. The molecule has 37 heavy (non-hydrogen) atoms. The highest BCUT2D eigenvalue weighted by molar-refractivity contribution is 5.98. The number of carbonyl (C=O) groups is 1. The molecule has 3 aromatic heterocycles. The van der Waals surface area contributed by atoms with E-state index in [-0.39, 0.29) is 5.78 Å². The second-order valence-corrected chi connectivity index (χ2v) is 8.99. The van der Waals surface area contributed by atoms with Crippen molar-refractivity contribution in [1.82, 2.24) is 29.8 Å². The number of anilines is 3. The van der Waals surface area contributed by atoms with E-state index in [2.05, 4.69) is 41.1 Å². The Kier molecular flexibility index (Phi) is 7.71. The van der Waals surface area contributed by atoms with Crippen LogP contribution in [0, 0.1) is 0 Å². The summed E-state index contributed by atoms with van der Waals surface area (Å²) >= 11 is 0. The third-order valence-electron chi connectivity index (χ3n) is 6.30. The zero-order valence-corrected chi connectivity index (χ0v) is 20.9. The van der Waals surface area contributed by atoms with Crippen LogP contribution in [-0.2, 0) is 19.4 Å². The van der Waals surface area contributed by atoms with Crippen LogP contribution in [0.2, 0.25) is 0 Å². The van der Waals surface area contributed by atoms with Crippen molar-refractivity contribution < 1.29 is 4.79 Å². The first-order valence-corrected chi connectivity index (χ1v) is 12.6. The van der Waals surface area contributed by atoms with Gasteiger partial charge < -0.3 is 10.2 Å². The Balaban J connectivity index is 1.26. The van der Waals surface area contributed by atoms with E-state index in [0.717, 1.165) is 38.3 Å². The summed E-state index contributed by atoms with van der Waals surface area (Å²) in [6, 6.07) is 17.3. The normalized spacial score (nSPS) is 13.9. The number of rotatable bonds is 9. The first-order valence-electron chi connectivity index (χ1n) is 12.6. The van der Waals surface area contributed by atoms with Gasteiger partial charge in [0.05, 0.1) is 0 Å². The summed E-state index contributed by atoms with van der Waals surface area (Å²) in [5.41, 5.74) is 2.79. The van der Waals surface area contributed by atoms with E-state index >= 15 is 0 Å². The van der Waals surface area contributed by atoms with Crippen molar-refractivity contribution in [2.24, 2.45) is 0 Å². The monoisotopic (exact) mass is 494 g/mol. The maximum atomic E-state index is 12.8. The first-order chi connectivity index (χ1) is 18.2. The molecule has 0 radical (unpaired) electrons. The average Bonchev–Trinajstić information content (AvgIpc) is 2.94. The lowest BCUT2D eigenvalue weighted by atomic mass is 10.0. The SMILES string of the molecule is CCc1nc(Nc2cc(C(=O)Cc3ccccc3)ccn2)nc(N2CCN(Cc3cccnc3)CC2)n1. The summed E-state index contributed by atoms with van der Waals surface area (Å²) in [7, 11) is 0. The number of nitrogens with one attached hydrogen (secondary N) is 1. The zero-order valence-electron chi connectivity index (χ0n) is 20.9. The van der Waals surface area contributed by atoms with E-state index in [4.69, 9.17) is 4.98 Å².